The maximum atomic E-state index is 11.9. The molecule has 2 N–H and O–H groups in total. The van der Waals surface area contributed by atoms with Crippen molar-refractivity contribution in [3.63, 3.8) is 0 Å². The number of hydrogen-bond acceptors (Lipinski definition) is 3. The highest BCUT2D eigenvalue weighted by molar-refractivity contribution is 7.89. The molecule has 0 aliphatic rings. The van der Waals surface area contributed by atoms with Crippen molar-refractivity contribution in [3.05, 3.63) is 29.8 Å². The SMILES string of the molecule is CCNS(=O)(=O)c1ccc(CC(=O)NCC(F)(F)F)cc1. The molecule has 1 aromatic rings. The van der Waals surface area contributed by atoms with E-state index in [0.29, 0.717) is 5.56 Å². The van der Waals surface area contributed by atoms with Gasteiger partial charge in [-0.1, -0.05) is 19.1 Å². The zero-order valence-corrected chi connectivity index (χ0v) is 12.0. The predicted molar refractivity (Wildman–Crippen MR) is 70.1 cm³/mol. The summed E-state index contributed by atoms with van der Waals surface area (Å²) < 4.78 is 61.4. The predicted octanol–water partition coefficient (Wildman–Crippen LogP) is 1.21. The molecule has 0 spiro atoms. The normalized spacial score (nSPS) is 12.2. The van der Waals surface area contributed by atoms with Gasteiger partial charge in [-0.25, -0.2) is 13.1 Å². The summed E-state index contributed by atoms with van der Waals surface area (Å²) in [7, 11) is -3.58. The second kappa shape index (κ2) is 6.90. The van der Waals surface area contributed by atoms with Crippen molar-refractivity contribution in [2.75, 3.05) is 13.1 Å². The molecular weight excluding hydrogens is 309 g/mol. The Morgan fingerprint density at radius 1 is 1.19 bits per heavy atom. The third kappa shape index (κ3) is 6.13. The van der Waals surface area contributed by atoms with Crippen molar-refractivity contribution in [2.45, 2.75) is 24.4 Å². The van der Waals surface area contributed by atoms with E-state index in [1.165, 1.54) is 24.3 Å². The van der Waals surface area contributed by atoms with Crippen molar-refractivity contribution < 1.29 is 26.4 Å². The number of amides is 1. The number of carbonyl (C=O) groups excluding carboxylic acids is 1. The smallest absolute Gasteiger partial charge is 0.347 e. The van der Waals surface area contributed by atoms with Crippen molar-refractivity contribution in [1.82, 2.24) is 10.0 Å². The average molecular weight is 324 g/mol. The quantitative estimate of drug-likeness (QED) is 0.826. The molecule has 0 radical (unpaired) electrons. The van der Waals surface area contributed by atoms with Gasteiger partial charge in [0.2, 0.25) is 15.9 Å². The lowest BCUT2D eigenvalue weighted by atomic mass is 10.1. The van der Waals surface area contributed by atoms with Crippen LogP contribution in [0.5, 0.6) is 0 Å². The molecule has 0 atom stereocenters. The lowest BCUT2D eigenvalue weighted by molar-refractivity contribution is -0.138. The van der Waals surface area contributed by atoms with Crippen molar-refractivity contribution in [2.24, 2.45) is 0 Å². The Hall–Kier alpha value is -1.61. The fraction of sp³-hybridized carbons (Fsp3) is 0.417. The molecule has 1 rings (SSSR count). The minimum absolute atomic E-state index is 0.0313. The van der Waals surface area contributed by atoms with Gasteiger partial charge < -0.3 is 5.32 Å². The van der Waals surface area contributed by atoms with Crippen LogP contribution >= 0.6 is 0 Å². The number of nitrogens with one attached hydrogen (secondary N) is 2. The molecule has 21 heavy (non-hydrogen) atoms. The monoisotopic (exact) mass is 324 g/mol. The summed E-state index contributed by atoms with van der Waals surface area (Å²) in [5.41, 5.74) is 0.421. The summed E-state index contributed by atoms with van der Waals surface area (Å²) in [6, 6.07) is 5.36. The molecule has 9 heteroatoms. The fourth-order valence-corrected chi connectivity index (χ4v) is 2.55. The third-order valence-corrected chi connectivity index (χ3v) is 3.98. The first-order chi connectivity index (χ1) is 9.64. The van der Waals surface area contributed by atoms with Gasteiger partial charge in [-0.05, 0) is 17.7 Å². The summed E-state index contributed by atoms with van der Waals surface area (Å²) in [6.07, 6.45) is -4.71. The molecule has 0 bridgehead atoms. The molecule has 0 unspecified atom stereocenters. The van der Waals surface area contributed by atoms with Gasteiger partial charge in [0.05, 0.1) is 11.3 Å². The molecule has 0 aromatic heterocycles. The van der Waals surface area contributed by atoms with E-state index >= 15 is 0 Å². The Kier molecular flexibility index (Phi) is 5.73. The number of halogens is 3. The highest BCUT2D eigenvalue weighted by Crippen LogP contribution is 2.13. The van der Waals surface area contributed by atoms with E-state index in [1.54, 1.807) is 12.2 Å². The minimum Gasteiger partial charge on any atom is -0.347 e. The van der Waals surface area contributed by atoms with Gasteiger partial charge in [0.25, 0.3) is 0 Å². The van der Waals surface area contributed by atoms with Crippen LogP contribution in [-0.2, 0) is 21.2 Å². The van der Waals surface area contributed by atoms with Gasteiger partial charge >= 0.3 is 6.18 Å². The van der Waals surface area contributed by atoms with Crippen LogP contribution in [0, 0.1) is 0 Å². The van der Waals surface area contributed by atoms with E-state index in [0.717, 1.165) is 0 Å². The largest absolute Gasteiger partial charge is 0.405 e. The zero-order chi connectivity index (χ0) is 16.1. The minimum atomic E-state index is -4.46. The second-order valence-corrected chi connectivity index (χ2v) is 5.98. The van der Waals surface area contributed by atoms with Gasteiger partial charge in [-0.15, -0.1) is 0 Å². The molecule has 1 aromatic carbocycles. The Bertz CT molecular complexity index is 583. The van der Waals surface area contributed by atoms with E-state index in [2.05, 4.69) is 4.72 Å². The van der Waals surface area contributed by atoms with E-state index in [4.69, 9.17) is 0 Å². The van der Waals surface area contributed by atoms with Gasteiger partial charge in [0, 0.05) is 6.54 Å². The molecule has 0 heterocycles. The maximum absolute atomic E-state index is 11.9. The van der Waals surface area contributed by atoms with Crippen molar-refractivity contribution in [1.29, 1.82) is 0 Å². The first-order valence-electron chi connectivity index (χ1n) is 6.06. The third-order valence-electron chi connectivity index (χ3n) is 2.42. The fourth-order valence-electron chi connectivity index (χ4n) is 1.51. The van der Waals surface area contributed by atoms with Crippen molar-refractivity contribution in [3.8, 4) is 0 Å². The van der Waals surface area contributed by atoms with Gasteiger partial charge in [-0.3, -0.25) is 4.79 Å². The molecule has 0 saturated heterocycles. The van der Waals surface area contributed by atoms with Crippen LogP contribution in [0.1, 0.15) is 12.5 Å². The lowest BCUT2D eigenvalue weighted by Crippen LogP contribution is -2.34. The first-order valence-corrected chi connectivity index (χ1v) is 7.54. The summed E-state index contributed by atoms with van der Waals surface area (Å²) in [5.74, 6) is -0.783. The van der Waals surface area contributed by atoms with Crippen LogP contribution in [0.25, 0.3) is 0 Å². The van der Waals surface area contributed by atoms with Crippen molar-refractivity contribution >= 4 is 15.9 Å². The van der Waals surface area contributed by atoms with Gasteiger partial charge in [0.15, 0.2) is 0 Å². The number of carbonyl (C=O) groups is 1. The number of sulfonamides is 1. The van der Waals surface area contributed by atoms with Gasteiger partial charge in [0.1, 0.15) is 6.54 Å². The Balaban J connectivity index is 2.65. The summed E-state index contributed by atoms with van der Waals surface area (Å²) in [6.45, 7) is 0.486. The van der Waals surface area contributed by atoms with E-state index in [-0.39, 0.29) is 17.9 Å². The first kappa shape index (κ1) is 17.4. The molecular formula is C12H15F3N2O3S. The van der Waals surface area contributed by atoms with Crippen LogP contribution in [0.15, 0.2) is 29.2 Å². The second-order valence-electron chi connectivity index (χ2n) is 4.21. The summed E-state index contributed by atoms with van der Waals surface area (Å²) >= 11 is 0. The number of benzene rings is 1. The van der Waals surface area contributed by atoms with E-state index in [9.17, 15) is 26.4 Å². The maximum Gasteiger partial charge on any atom is 0.405 e. The zero-order valence-electron chi connectivity index (χ0n) is 11.2. The lowest BCUT2D eigenvalue weighted by Gasteiger charge is -2.09. The molecule has 0 saturated carbocycles. The summed E-state index contributed by atoms with van der Waals surface area (Å²) in [5, 5.41) is 1.74. The molecule has 0 aliphatic carbocycles. The number of rotatable bonds is 6. The number of alkyl halides is 3. The molecule has 0 fully saturated rings. The number of hydrogen-bond donors (Lipinski definition) is 2. The summed E-state index contributed by atoms with van der Waals surface area (Å²) in [4.78, 5) is 11.3. The molecule has 118 valence electrons. The van der Waals surface area contributed by atoms with E-state index < -0.39 is 28.7 Å². The molecule has 1 amide bonds. The Morgan fingerprint density at radius 2 is 1.76 bits per heavy atom. The Labute approximate surface area is 120 Å². The standard InChI is InChI=1S/C12H15F3N2O3S/c1-2-17-21(19,20)10-5-3-9(4-6-10)7-11(18)16-8-12(13,14)15/h3-6,17H,2,7-8H2,1H3,(H,16,18). The highest BCUT2D eigenvalue weighted by Gasteiger charge is 2.27. The van der Waals surface area contributed by atoms with Gasteiger partial charge in [-0.2, -0.15) is 13.2 Å². The highest BCUT2D eigenvalue weighted by atomic mass is 32.2. The Morgan fingerprint density at radius 3 is 2.24 bits per heavy atom. The average Bonchev–Trinajstić information content (AvgIpc) is 2.36. The molecule has 0 aliphatic heterocycles. The van der Waals surface area contributed by atoms with Crippen LogP contribution in [0.2, 0.25) is 0 Å². The van der Waals surface area contributed by atoms with Crippen LogP contribution in [-0.4, -0.2) is 33.6 Å². The topological polar surface area (TPSA) is 75.3 Å². The van der Waals surface area contributed by atoms with Crippen LogP contribution in [0.4, 0.5) is 13.2 Å². The van der Waals surface area contributed by atoms with E-state index in [1.807, 2.05) is 0 Å². The molecule has 5 nitrogen and oxygen atoms in total. The van der Waals surface area contributed by atoms with Crippen LogP contribution in [0.3, 0.4) is 0 Å². The van der Waals surface area contributed by atoms with Crippen LogP contribution < -0.4 is 10.0 Å².